The van der Waals surface area contributed by atoms with E-state index in [1.165, 1.54) is 44.2 Å². The second-order valence-corrected chi connectivity index (χ2v) is 14.3. The molecule has 0 aromatic heterocycles. The Hall–Kier alpha value is -6.38. The summed E-state index contributed by atoms with van der Waals surface area (Å²) in [5, 5.41) is 6.91. The Labute approximate surface area is 305 Å². The zero-order chi connectivity index (χ0) is 35.4. The van der Waals surface area contributed by atoms with E-state index in [-0.39, 0.29) is 5.41 Å². The van der Waals surface area contributed by atoms with Crippen LogP contribution in [0.15, 0.2) is 180 Å². The van der Waals surface area contributed by atoms with Crippen LogP contribution in [0.1, 0.15) is 48.6 Å². The second kappa shape index (κ2) is 12.4. The van der Waals surface area contributed by atoms with Gasteiger partial charge in [-0.2, -0.15) is 0 Å². The third-order valence-corrected chi connectivity index (χ3v) is 10.8. The van der Waals surface area contributed by atoms with E-state index in [1.54, 1.807) is 0 Å². The Morgan fingerprint density at radius 2 is 1.10 bits per heavy atom. The number of benzene rings is 8. The van der Waals surface area contributed by atoms with Crippen LogP contribution in [0.3, 0.4) is 0 Å². The number of rotatable bonds is 5. The lowest BCUT2D eigenvalue weighted by Crippen LogP contribution is -2.14. The van der Waals surface area contributed by atoms with Crippen LogP contribution in [0.25, 0.3) is 60.3 Å². The Morgan fingerprint density at radius 3 is 1.88 bits per heavy atom. The molecule has 0 heterocycles. The average Bonchev–Trinajstić information content (AvgIpc) is 3.42. The van der Waals surface area contributed by atoms with E-state index >= 15 is 0 Å². The maximum atomic E-state index is 5.29. The van der Waals surface area contributed by atoms with Gasteiger partial charge in [0.2, 0.25) is 0 Å². The molecule has 0 aliphatic heterocycles. The van der Waals surface area contributed by atoms with E-state index in [2.05, 4.69) is 191 Å². The van der Waals surface area contributed by atoms with Gasteiger partial charge in [-0.15, -0.1) is 0 Å². The highest BCUT2D eigenvalue weighted by Crippen LogP contribution is 2.52. The molecule has 0 saturated heterocycles. The number of fused-ring (bicyclic) bond motifs is 6. The van der Waals surface area contributed by atoms with Gasteiger partial charge in [0.15, 0.2) is 5.84 Å². The molecule has 9 rings (SSSR count). The lowest BCUT2D eigenvalue weighted by Gasteiger charge is -2.21. The molecule has 248 valence electrons. The van der Waals surface area contributed by atoms with Crippen LogP contribution >= 0.6 is 0 Å². The van der Waals surface area contributed by atoms with Crippen molar-refractivity contribution in [1.82, 2.24) is 0 Å². The van der Waals surface area contributed by atoms with E-state index in [9.17, 15) is 0 Å². The molecule has 0 bridgehead atoms. The molecule has 0 amide bonds. The summed E-state index contributed by atoms with van der Waals surface area (Å²) in [6.07, 6.45) is 0. The van der Waals surface area contributed by atoms with E-state index < -0.39 is 0 Å². The topological polar surface area (TPSA) is 24.7 Å². The van der Waals surface area contributed by atoms with Crippen LogP contribution in [0.2, 0.25) is 0 Å². The van der Waals surface area contributed by atoms with Crippen LogP contribution in [-0.4, -0.2) is 11.5 Å². The fourth-order valence-corrected chi connectivity index (χ4v) is 8.09. The third kappa shape index (κ3) is 5.27. The van der Waals surface area contributed by atoms with Crippen molar-refractivity contribution in [1.29, 1.82) is 0 Å². The predicted octanol–water partition coefficient (Wildman–Crippen LogP) is 13.0. The van der Waals surface area contributed by atoms with Crippen molar-refractivity contribution in [3.63, 3.8) is 0 Å². The summed E-state index contributed by atoms with van der Waals surface area (Å²) in [5.41, 5.74) is 12.5. The van der Waals surface area contributed by atoms with Crippen LogP contribution < -0.4 is 0 Å². The summed E-state index contributed by atoms with van der Waals surface area (Å²) in [7, 11) is 0. The molecule has 0 N–H and O–H groups in total. The van der Waals surface area contributed by atoms with Crippen molar-refractivity contribution in [3.8, 4) is 22.3 Å². The van der Waals surface area contributed by atoms with Gasteiger partial charge in [0.1, 0.15) is 0 Å². The molecule has 0 spiro atoms. The monoisotopic (exact) mass is 666 g/mol. The summed E-state index contributed by atoms with van der Waals surface area (Å²) in [6.45, 7) is 11.2. The molecule has 0 saturated carbocycles. The first-order valence-corrected chi connectivity index (χ1v) is 17.9. The smallest absolute Gasteiger partial charge is 0.160 e. The van der Waals surface area contributed by atoms with Crippen molar-refractivity contribution in [2.24, 2.45) is 9.98 Å². The predicted molar refractivity (Wildman–Crippen MR) is 223 cm³/mol. The highest BCUT2D eigenvalue weighted by Gasteiger charge is 2.36. The van der Waals surface area contributed by atoms with Gasteiger partial charge in [0.05, 0.1) is 5.70 Å². The molecule has 0 fully saturated rings. The first-order valence-electron chi connectivity index (χ1n) is 17.9. The highest BCUT2D eigenvalue weighted by atomic mass is 14.9. The fraction of sp³-hybridized carbons (Fsp3) is 0.0800. The molecule has 1 aliphatic carbocycles. The molecule has 2 heteroatoms. The van der Waals surface area contributed by atoms with Gasteiger partial charge in [0.25, 0.3) is 0 Å². The number of aliphatic imine (C=N–C) groups is 2. The summed E-state index contributed by atoms with van der Waals surface area (Å²) < 4.78 is 0. The first-order chi connectivity index (χ1) is 25.4. The van der Waals surface area contributed by atoms with Gasteiger partial charge in [-0.05, 0) is 90.3 Å². The van der Waals surface area contributed by atoms with Gasteiger partial charge in [-0.3, -0.25) is 0 Å². The molecular formula is C50H38N2. The van der Waals surface area contributed by atoms with Crippen molar-refractivity contribution in [2.75, 3.05) is 0 Å². The van der Waals surface area contributed by atoms with Crippen LogP contribution in [-0.2, 0) is 5.41 Å². The second-order valence-electron chi connectivity index (χ2n) is 14.3. The summed E-state index contributed by atoms with van der Waals surface area (Å²) in [5.74, 6) is 0.641. The molecule has 0 atom stereocenters. The number of hydrogen-bond acceptors (Lipinski definition) is 1. The van der Waals surface area contributed by atoms with Crippen molar-refractivity contribution in [2.45, 2.75) is 26.2 Å². The Kier molecular flexibility index (Phi) is 7.56. The molecule has 0 unspecified atom stereocenters. The number of hydrogen-bond donors (Lipinski definition) is 0. The van der Waals surface area contributed by atoms with Crippen molar-refractivity contribution in [3.05, 3.63) is 198 Å². The van der Waals surface area contributed by atoms with Crippen molar-refractivity contribution < 1.29 is 0 Å². The fourth-order valence-electron chi connectivity index (χ4n) is 8.09. The van der Waals surface area contributed by atoms with E-state index in [1.807, 2.05) is 0 Å². The number of nitrogens with zero attached hydrogens (tertiary/aromatic N) is 2. The Bertz CT molecular complexity index is 2790. The molecule has 1 aliphatic rings. The largest absolute Gasteiger partial charge is 0.233 e. The molecule has 0 radical (unpaired) electrons. The zero-order valence-corrected chi connectivity index (χ0v) is 29.7. The molecule has 52 heavy (non-hydrogen) atoms. The Balaban J connectivity index is 1.16. The minimum absolute atomic E-state index is 0.0399. The maximum absolute atomic E-state index is 5.29. The van der Waals surface area contributed by atoms with Gasteiger partial charge >= 0.3 is 0 Å². The van der Waals surface area contributed by atoms with Gasteiger partial charge < -0.3 is 0 Å². The minimum atomic E-state index is -0.0399. The lowest BCUT2D eigenvalue weighted by molar-refractivity contribution is 0.660. The quantitative estimate of drug-likeness (QED) is 0.129. The van der Waals surface area contributed by atoms with E-state index in [4.69, 9.17) is 9.98 Å². The van der Waals surface area contributed by atoms with Gasteiger partial charge in [0, 0.05) is 22.3 Å². The molecule has 2 nitrogen and oxygen atoms in total. The van der Waals surface area contributed by atoms with Crippen LogP contribution in [0.4, 0.5) is 0 Å². The SMILES string of the molecule is C=C(N=C(N=C(C)c1ccc2ccc(-c3cccc4c3-c3ccccc3C4(C)C)cc2c1)c1cccc2ccccc12)c1cccc2ccccc12. The van der Waals surface area contributed by atoms with E-state index in [0.29, 0.717) is 11.5 Å². The third-order valence-electron chi connectivity index (χ3n) is 10.8. The molecular weight excluding hydrogens is 629 g/mol. The van der Waals surface area contributed by atoms with Crippen molar-refractivity contribution >= 4 is 49.6 Å². The average molecular weight is 667 g/mol. The zero-order valence-electron chi connectivity index (χ0n) is 29.7. The standard InChI is InChI=1S/C50H38N2/c1-32(51-49(44-23-12-17-36-15-6-8-19-42(36)44)52-33(2)40-21-11-16-35-14-5-7-18-41(35)40)37-28-26-34-27-29-38(31-39(34)30-37)43-22-13-25-47-48(43)45-20-9-10-24-46(45)50(47,3)4/h5-31H,2H2,1,3-4H3. The Morgan fingerprint density at radius 1 is 0.500 bits per heavy atom. The van der Waals surface area contributed by atoms with Gasteiger partial charge in [-0.25, -0.2) is 9.98 Å². The maximum Gasteiger partial charge on any atom is 0.160 e. The normalized spacial score (nSPS) is 13.8. The highest BCUT2D eigenvalue weighted by molar-refractivity contribution is 6.18. The summed E-state index contributed by atoms with van der Waals surface area (Å²) >= 11 is 0. The lowest BCUT2D eigenvalue weighted by atomic mass is 9.82. The molecule has 8 aromatic rings. The van der Waals surface area contributed by atoms with Gasteiger partial charge in [-0.1, -0.05) is 172 Å². The van der Waals surface area contributed by atoms with Crippen LogP contribution in [0.5, 0.6) is 0 Å². The minimum Gasteiger partial charge on any atom is -0.233 e. The summed E-state index contributed by atoms with van der Waals surface area (Å²) in [6, 6.07) is 58.5. The molecule has 8 aromatic carbocycles. The van der Waals surface area contributed by atoms with E-state index in [0.717, 1.165) is 43.9 Å². The van der Waals surface area contributed by atoms with Crippen LogP contribution in [0, 0.1) is 0 Å². The summed E-state index contributed by atoms with van der Waals surface area (Å²) in [4.78, 5) is 10.5. The first kappa shape index (κ1) is 31.6. The number of amidine groups is 1.